The highest BCUT2D eigenvalue weighted by atomic mass is 35.5. The third-order valence-corrected chi connectivity index (χ3v) is 3.48. The van der Waals surface area contributed by atoms with E-state index in [4.69, 9.17) is 16.3 Å². The summed E-state index contributed by atoms with van der Waals surface area (Å²) in [5.41, 5.74) is 2.25. The zero-order valence-electron chi connectivity index (χ0n) is 11.2. The lowest BCUT2D eigenvalue weighted by Gasteiger charge is -2.15. The van der Waals surface area contributed by atoms with Crippen LogP contribution in [0.2, 0.25) is 5.02 Å². The summed E-state index contributed by atoms with van der Waals surface area (Å²) in [7, 11) is 1.67. The summed E-state index contributed by atoms with van der Waals surface area (Å²) in [6.07, 6.45) is 0. The molecule has 0 fully saturated rings. The fraction of sp³-hybridized carbons (Fsp3) is 0.250. The average Bonchev–Trinajstić information content (AvgIpc) is 2.46. The second kappa shape index (κ2) is 6.48. The maximum atomic E-state index is 6.20. The zero-order valence-corrected chi connectivity index (χ0v) is 11.9. The van der Waals surface area contributed by atoms with Crippen molar-refractivity contribution in [2.75, 3.05) is 19.0 Å². The first-order chi connectivity index (χ1) is 9.20. The van der Waals surface area contributed by atoms with Crippen LogP contribution in [0.4, 0.5) is 5.69 Å². The summed E-state index contributed by atoms with van der Waals surface area (Å²) in [5.74, 6) is 1.22. The lowest BCUT2D eigenvalue weighted by Crippen LogP contribution is -2.10. The van der Waals surface area contributed by atoms with E-state index in [0.29, 0.717) is 5.92 Å². The molecule has 0 heterocycles. The fourth-order valence-electron chi connectivity index (χ4n) is 1.96. The van der Waals surface area contributed by atoms with Crippen molar-refractivity contribution in [2.45, 2.75) is 12.8 Å². The van der Waals surface area contributed by atoms with Gasteiger partial charge in [-0.05, 0) is 41.8 Å². The predicted octanol–water partition coefficient (Wildman–Crippen LogP) is 4.56. The zero-order chi connectivity index (χ0) is 13.7. The number of benzene rings is 2. The average molecular weight is 276 g/mol. The molecule has 1 atom stereocenters. The predicted molar refractivity (Wildman–Crippen MR) is 81.4 cm³/mol. The highest BCUT2D eigenvalue weighted by Crippen LogP contribution is 2.24. The van der Waals surface area contributed by atoms with Crippen LogP contribution >= 0.6 is 11.6 Å². The first-order valence-corrected chi connectivity index (χ1v) is 6.71. The van der Waals surface area contributed by atoms with E-state index in [1.54, 1.807) is 7.11 Å². The van der Waals surface area contributed by atoms with Crippen LogP contribution in [0.3, 0.4) is 0 Å². The van der Waals surface area contributed by atoms with Gasteiger partial charge in [-0.3, -0.25) is 0 Å². The fourth-order valence-corrected chi connectivity index (χ4v) is 2.29. The first-order valence-electron chi connectivity index (χ1n) is 6.33. The minimum atomic E-state index is 0.357. The Hall–Kier alpha value is -1.67. The monoisotopic (exact) mass is 275 g/mol. The van der Waals surface area contributed by atoms with Crippen LogP contribution < -0.4 is 10.1 Å². The van der Waals surface area contributed by atoms with Crippen LogP contribution in [0.1, 0.15) is 18.4 Å². The maximum Gasteiger partial charge on any atom is 0.119 e. The number of rotatable bonds is 5. The Labute approximate surface area is 119 Å². The van der Waals surface area contributed by atoms with Crippen molar-refractivity contribution in [1.29, 1.82) is 0 Å². The molecule has 2 aromatic rings. The quantitative estimate of drug-likeness (QED) is 0.863. The SMILES string of the molecule is COc1ccc(NCC(C)c2ccccc2Cl)cc1. The number of hydrogen-bond donors (Lipinski definition) is 1. The summed E-state index contributed by atoms with van der Waals surface area (Å²) in [6, 6.07) is 15.9. The third kappa shape index (κ3) is 3.65. The molecule has 2 rings (SSSR count). The second-order valence-corrected chi connectivity index (χ2v) is 4.94. The van der Waals surface area contributed by atoms with Crippen LogP contribution in [0.25, 0.3) is 0 Å². The van der Waals surface area contributed by atoms with Gasteiger partial charge in [0, 0.05) is 17.3 Å². The molecule has 1 unspecified atom stereocenters. The lowest BCUT2D eigenvalue weighted by molar-refractivity contribution is 0.415. The van der Waals surface area contributed by atoms with Gasteiger partial charge in [0.15, 0.2) is 0 Å². The van der Waals surface area contributed by atoms with E-state index in [9.17, 15) is 0 Å². The van der Waals surface area contributed by atoms with Crippen molar-refractivity contribution in [2.24, 2.45) is 0 Å². The van der Waals surface area contributed by atoms with Crippen LogP contribution in [0.5, 0.6) is 5.75 Å². The number of hydrogen-bond acceptors (Lipinski definition) is 2. The van der Waals surface area contributed by atoms with E-state index in [0.717, 1.165) is 23.0 Å². The van der Waals surface area contributed by atoms with Gasteiger partial charge in [0.2, 0.25) is 0 Å². The van der Waals surface area contributed by atoms with E-state index < -0.39 is 0 Å². The smallest absolute Gasteiger partial charge is 0.119 e. The topological polar surface area (TPSA) is 21.3 Å². The summed E-state index contributed by atoms with van der Waals surface area (Å²) < 4.78 is 5.13. The summed E-state index contributed by atoms with van der Waals surface area (Å²) in [4.78, 5) is 0. The van der Waals surface area contributed by atoms with Gasteiger partial charge in [0.1, 0.15) is 5.75 Å². The van der Waals surface area contributed by atoms with Gasteiger partial charge in [-0.1, -0.05) is 36.7 Å². The molecule has 0 aliphatic carbocycles. The Morgan fingerprint density at radius 3 is 2.42 bits per heavy atom. The van der Waals surface area contributed by atoms with Gasteiger partial charge >= 0.3 is 0 Å². The van der Waals surface area contributed by atoms with Gasteiger partial charge in [0.05, 0.1) is 7.11 Å². The van der Waals surface area contributed by atoms with Crippen molar-refractivity contribution in [1.82, 2.24) is 0 Å². The summed E-state index contributed by atoms with van der Waals surface area (Å²) in [5, 5.41) is 4.23. The van der Waals surface area contributed by atoms with E-state index in [1.807, 2.05) is 42.5 Å². The van der Waals surface area contributed by atoms with Crippen LogP contribution in [-0.4, -0.2) is 13.7 Å². The molecule has 2 aromatic carbocycles. The van der Waals surface area contributed by atoms with Crippen LogP contribution in [0.15, 0.2) is 48.5 Å². The van der Waals surface area contributed by atoms with Crippen molar-refractivity contribution in [3.8, 4) is 5.75 Å². The molecule has 3 heteroatoms. The molecule has 100 valence electrons. The molecule has 2 nitrogen and oxygen atoms in total. The van der Waals surface area contributed by atoms with E-state index in [2.05, 4.69) is 18.3 Å². The largest absolute Gasteiger partial charge is 0.497 e. The normalized spacial score (nSPS) is 11.9. The van der Waals surface area contributed by atoms with Crippen molar-refractivity contribution < 1.29 is 4.74 Å². The molecule has 0 aliphatic heterocycles. The molecule has 0 amide bonds. The van der Waals surface area contributed by atoms with E-state index in [1.165, 1.54) is 5.56 Å². The molecular weight excluding hydrogens is 258 g/mol. The summed E-state index contributed by atoms with van der Waals surface area (Å²) >= 11 is 6.20. The van der Waals surface area contributed by atoms with Gasteiger partial charge in [0.25, 0.3) is 0 Å². The first kappa shape index (κ1) is 13.8. The summed E-state index contributed by atoms with van der Waals surface area (Å²) in [6.45, 7) is 3.01. The Balaban J connectivity index is 1.96. The maximum absolute atomic E-state index is 6.20. The lowest BCUT2D eigenvalue weighted by atomic mass is 10.0. The van der Waals surface area contributed by atoms with Crippen molar-refractivity contribution >= 4 is 17.3 Å². The minimum absolute atomic E-state index is 0.357. The molecule has 0 radical (unpaired) electrons. The number of nitrogens with one attached hydrogen (secondary N) is 1. The molecular formula is C16H18ClNO. The highest BCUT2D eigenvalue weighted by Gasteiger charge is 2.08. The van der Waals surface area contributed by atoms with E-state index in [-0.39, 0.29) is 0 Å². The number of halogens is 1. The Kier molecular flexibility index (Phi) is 4.69. The second-order valence-electron chi connectivity index (χ2n) is 4.53. The minimum Gasteiger partial charge on any atom is -0.497 e. The molecule has 19 heavy (non-hydrogen) atoms. The molecule has 0 aromatic heterocycles. The number of ether oxygens (including phenoxy) is 1. The number of anilines is 1. The third-order valence-electron chi connectivity index (χ3n) is 3.14. The van der Waals surface area contributed by atoms with Crippen molar-refractivity contribution in [3.63, 3.8) is 0 Å². The molecule has 0 saturated carbocycles. The Morgan fingerprint density at radius 2 is 1.79 bits per heavy atom. The molecule has 0 saturated heterocycles. The Morgan fingerprint density at radius 1 is 1.11 bits per heavy atom. The van der Waals surface area contributed by atoms with Gasteiger partial charge in [-0.15, -0.1) is 0 Å². The van der Waals surface area contributed by atoms with Crippen LogP contribution in [0, 0.1) is 0 Å². The van der Waals surface area contributed by atoms with E-state index >= 15 is 0 Å². The molecule has 1 N–H and O–H groups in total. The standard InChI is InChI=1S/C16H18ClNO/c1-12(15-5-3-4-6-16(15)17)11-18-13-7-9-14(19-2)10-8-13/h3-10,12,18H,11H2,1-2H3. The van der Waals surface area contributed by atoms with Crippen molar-refractivity contribution in [3.05, 3.63) is 59.1 Å². The molecule has 0 aliphatic rings. The molecule has 0 bridgehead atoms. The van der Waals surface area contributed by atoms with Gasteiger partial charge in [-0.25, -0.2) is 0 Å². The van der Waals surface area contributed by atoms with Crippen LogP contribution in [-0.2, 0) is 0 Å². The van der Waals surface area contributed by atoms with Gasteiger partial charge in [-0.2, -0.15) is 0 Å². The Bertz CT molecular complexity index is 525. The number of methoxy groups -OCH3 is 1. The highest BCUT2D eigenvalue weighted by molar-refractivity contribution is 6.31. The van der Waals surface area contributed by atoms with Gasteiger partial charge < -0.3 is 10.1 Å². The molecule has 0 spiro atoms.